The summed E-state index contributed by atoms with van der Waals surface area (Å²) in [5.74, 6) is 1.11. The predicted molar refractivity (Wildman–Crippen MR) is 86.0 cm³/mol. The van der Waals surface area contributed by atoms with Gasteiger partial charge in [0.1, 0.15) is 11.6 Å². The summed E-state index contributed by atoms with van der Waals surface area (Å²) in [7, 11) is 1.65. The maximum Gasteiger partial charge on any atom is 0.142 e. The molecule has 2 aromatic rings. The molecule has 0 atom stereocenters. The highest BCUT2D eigenvalue weighted by molar-refractivity contribution is 9.10. The smallest absolute Gasteiger partial charge is 0.142 e. The summed E-state index contributed by atoms with van der Waals surface area (Å²) >= 11 is 3.46. The minimum atomic E-state index is 0.441. The fourth-order valence-corrected chi connectivity index (χ4v) is 2.23. The van der Waals surface area contributed by atoms with Gasteiger partial charge in [-0.1, -0.05) is 30.3 Å². The van der Waals surface area contributed by atoms with Gasteiger partial charge in [0, 0.05) is 19.1 Å². The number of hydrogen-bond donors (Lipinski definition) is 1. The average molecular weight is 352 g/mol. The van der Waals surface area contributed by atoms with Crippen LogP contribution >= 0.6 is 15.9 Å². The molecular weight excluding hydrogens is 334 g/mol. The number of methoxy groups -OCH3 is 1. The first-order valence-electron chi connectivity index (χ1n) is 6.66. The number of nitrogen functional groups attached to an aromatic ring is 1. The molecule has 0 saturated heterocycles. The molecule has 0 bridgehead atoms. The maximum atomic E-state index is 5.95. The van der Waals surface area contributed by atoms with E-state index < -0.39 is 0 Å². The maximum absolute atomic E-state index is 5.95. The van der Waals surface area contributed by atoms with Crippen LogP contribution < -0.4 is 5.73 Å². The lowest BCUT2D eigenvalue weighted by Crippen LogP contribution is -2.09. The van der Waals surface area contributed by atoms with E-state index in [1.807, 2.05) is 30.3 Å². The summed E-state index contributed by atoms with van der Waals surface area (Å²) < 4.78 is 11.1. The Balaban J connectivity index is 2.12. The average Bonchev–Trinajstić information content (AvgIpc) is 2.51. The minimum absolute atomic E-state index is 0.441. The van der Waals surface area contributed by atoms with Crippen LogP contribution in [0.25, 0.3) is 11.3 Å². The molecule has 1 heterocycles. The Morgan fingerprint density at radius 3 is 2.57 bits per heavy atom. The highest BCUT2D eigenvalue weighted by atomic mass is 79.9. The zero-order valence-electron chi connectivity index (χ0n) is 11.9. The van der Waals surface area contributed by atoms with Crippen LogP contribution in [-0.2, 0) is 15.9 Å². The summed E-state index contributed by atoms with van der Waals surface area (Å²) in [4.78, 5) is 8.86. The van der Waals surface area contributed by atoms with Crippen molar-refractivity contribution in [3.63, 3.8) is 0 Å². The number of aromatic nitrogens is 2. The van der Waals surface area contributed by atoms with Gasteiger partial charge in [0.2, 0.25) is 0 Å². The SMILES string of the molecule is COCCOCCc1nc(N)c(Br)c(-c2ccccc2)n1. The lowest BCUT2D eigenvalue weighted by atomic mass is 10.1. The van der Waals surface area contributed by atoms with Gasteiger partial charge in [-0.25, -0.2) is 9.97 Å². The standard InChI is InChI=1S/C15H18BrN3O2/c1-20-9-10-21-8-7-12-18-14(13(16)15(17)19-12)11-5-3-2-4-6-11/h2-6H,7-10H2,1H3,(H2,17,18,19). The van der Waals surface area contributed by atoms with Crippen molar-refractivity contribution in [1.82, 2.24) is 9.97 Å². The monoisotopic (exact) mass is 351 g/mol. The fourth-order valence-electron chi connectivity index (χ4n) is 1.82. The van der Waals surface area contributed by atoms with Crippen molar-refractivity contribution >= 4 is 21.7 Å². The van der Waals surface area contributed by atoms with Gasteiger partial charge in [0.05, 0.1) is 30.0 Å². The van der Waals surface area contributed by atoms with E-state index in [1.54, 1.807) is 7.11 Å². The van der Waals surface area contributed by atoms with Crippen LogP contribution in [0.4, 0.5) is 5.82 Å². The molecule has 0 spiro atoms. The molecule has 21 heavy (non-hydrogen) atoms. The van der Waals surface area contributed by atoms with Gasteiger partial charge >= 0.3 is 0 Å². The molecule has 0 aliphatic heterocycles. The van der Waals surface area contributed by atoms with Crippen molar-refractivity contribution < 1.29 is 9.47 Å². The zero-order chi connectivity index (χ0) is 15.1. The van der Waals surface area contributed by atoms with Crippen molar-refractivity contribution in [1.29, 1.82) is 0 Å². The largest absolute Gasteiger partial charge is 0.383 e. The molecule has 6 heteroatoms. The minimum Gasteiger partial charge on any atom is -0.383 e. The van der Waals surface area contributed by atoms with Gasteiger partial charge in [-0.2, -0.15) is 0 Å². The second kappa shape index (κ2) is 8.07. The van der Waals surface area contributed by atoms with E-state index in [-0.39, 0.29) is 0 Å². The molecule has 0 saturated carbocycles. The molecule has 0 aliphatic carbocycles. The lowest BCUT2D eigenvalue weighted by Gasteiger charge is -2.09. The normalized spacial score (nSPS) is 10.8. The molecule has 5 nitrogen and oxygen atoms in total. The summed E-state index contributed by atoms with van der Waals surface area (Å²) in [5.41, 5.74) is 7.75. The highest BCUT2D eigenvalue weighted by Gasteiger charge is 2.11. The van der Waals surface area contributed by atoms with Crippen LogP contribution in [0.1, 0.15) is 5.82 Å². The first-order valence-corrected chi connectivity index (χ1v) is 7.45. The van der Waals surface area contributed by atoms with Crippen LogP contribution in [0.2, 0.25) is 0 Å². The van der Waals surface area contributed by atoms with Crippen LogP contribution in [0.3, 0.4) is 0 Å². The summed E-state index contributed by atoms with van der Waals surface area (Å²) in [6, 6.07) is 9.88. The quantitative estimate of drug-likeness (QED) is 0.776. The summed E-state index contributed by atoms with van der Waals surface area (Å²) in [5, 5.41) is 0. The van der Waals surface area contributed by atoms with E-state index in [4.69, 9.17) is 15.2 Å². The van der Waals surface area contributed by atoms with Crippen LogP contribution in [0, 0.1) is 0 Å². The topological polar surface area (TPSA) is 70.3 Å². The van der Waals surface area contributed by atoms with Gasteiger partial charge < -0.3 is 15.2 Å². The van der Waals surface area contributed by atoms with E-state index in [0.717, 1.165) is 15.7 Å². The molecule has 1 aromatic carbocycles. The van der Waals surface area contributed by atoms with E-state index in [9.17, 15) is 0 Å². The number of benzene rings is 1. The Hall–Kier alpha value is -1.50. The van der Waals surface area contributed by atoms with E-state index in [0.29, 0.717) is 37.9 Å². The third-order valence-electron chi connectivity index (χ3n) is 2.87. The molecule has 112 valence electrons. The lowest BCUT2D eigenvalue weighted by molar-refractivity contribution is 0.0716. The molecular formula is C15H18BrN3O2. The van der Waals surface area contributed by atoms with E-state index in [1.165, 1.54) is 0 Å². The number of hydrogen-bond acceptors (Lipinski definition) is 5. The Bertz CT molecular complexity index is 579. The molecule has 0 unspecified atom stereocenters. The van der Waals surface area contributed by atoms with Crippen molar-refractivity contribution in [2.75, 3.05) is 32.7 Å². The number of nitrogens with two attached hydrogens (primary N) is 1. The first kappa shape index (κ1) is 15.9. The third-order valence-corrected chi connectivity index (χ3v) is 3.65. The molecule has 0 aliphatic rings. The van der Waals surface area contributed by atoms with E-state index in [2.05, 4.69) is 25.9 Å². The number of anilines is 1. The highest BCUT2D eigenvalue weighted by Crippen LogP contribution is 2.29. The van der Waals surface area contributed by atoms with Gasteiger partial charge in [0.15, 0.2) is 0 Å². The van der Waals surface area contributed by atoms with Crippen molar-refractivity contribution in [2.24, 2.45) is 0 Å². The Labute approximate surface area is 132 Å². The Morgan fingerprint density at radius 1 is 1.10 bits per heavy atom. The van der Waals surface area contributed by atoms with Crippen molar-refractivity contribution in [3.05, 3.63) is 40.6 Å². The molecule has 0 radical (unpaired) electrons. The molecule has 2 rings (SSSR count). The van der Waals surface area contributed by atoms with Crippen molar-refractivity contribution in [2.45, 2.75) is 6.42 Å². The second-order valence-corrected chi connectivity index (χ2v) is 5.20. The molecule has 0 fully saturated rings. The Morgan fingerprint density at radius 2 is 1.86 bits per heavy atom. The second-order valence-electron chi connectivity index (χ2n) is 4.41. The predicted octanol–water partition coefficient (Wildman–Crippen LogP) is 2.69. The first-order chi connectivity index (χ1) is 10.2. The number of ether oxygens (including phenoxy) is 2. The van der Waals surface area contributed by atoms with Crippen LogP contribution in [0.15, 0.2) is 34.8 Å². The zero-order valence-corrected chi connectivity index (χ0v) is 13.5. The number of nitrogens with zero attached hydrogens (tertiary/aromatic N) is 2. The molecule has 2 N–H and O–H groups in total. The van der Waals surface area contributed by atoms with Crippen LogP contribution in [-0.4, -0.2) is 36.9 Å². The molecule has 1 aromatic heterocycles. The fraction of sp³-hybridized carbons (Fsp3) is 0.333. The summed E-state index contributed by atoms with van der Waals surface area (Å²) in [6.45, 7) is 1.69. The van der Waals surface area contributed by atoms with Gasteiger partial charge in [0.25, 0.3) is 0 Å². The Kier molecular flexibility index (Phi) is 6.10. The third kappa shape index (κ3) is 4.49. The van der Waals surface area contributed by atoms with E-state index >= 15 is 0 Å². The number of rotatable bonds is 7. The van der Waals surface area contributed by atoms with Gasteiger partial charge in [-0.15, -0.1) is 0 Å². The van der Waals surface area contributed by atoms with Gasteiger partial charge in [-0.05, 0) is 15.9 Å². The van der Waals surface area contributed by atoms with Gasteiger partial charge in [-0.3, -0.25) is 0 Å². The van der Waals surface area contributed by atoms with Crippen LogP contribution in [0.5, 0.6) is 0 Å². The number of halogens is 1. The summed E-state index contributed by atoms with van der Waals surface area (Å²) in [6.07, 6.45) is 0.612. The van der Waals surface area contributed by atoms with Crippen molar-refractivity contribution in [3.8, 4) is 11.3 Å². The molecule has 0 amide bonds.